The normalized spacial score (nSPS) is 13.8. The molecular weight excluding hydrogens is 192 g/mol. The van der Waals surface area contributed by atoms with E-state index in [0.717, 1.165) is 0 Å². The summed E-state index contributed by atoms with van der Waals surface area (Å²) in [6.45, 7) is 3.13. The molecule has 1 unspecified atom stereocenters. The highest BCUT2D eigenvalue weighted by Crippen LogP contribution is 2.10. The van der Waals surface area contributed by atoms with E-state index in [9.17, 15) is 13.6 Å². The summed E-state index contributed by atoms with van der Waals surface area (Å²) in [6.07, 6.45) is -2.45. The molecule has 0 heterocycles. The molecule has 4 nitrogen and oxygen atoms in total. The fourth-order valence-electron chi connectivity index (χ4n) is 1.43. The number of nitrogens with one attached hydrogen (secondary N) is 1. The quantitative estimate of drug-likeness (QED) is 0.386. The Morgan fingerprint density at radius 1 is 1.50 bits per heavy atom. The lowest BCUT2D eigenvalue weighted by molar-refractivity contribution is -0.128. The van der Waals surface area contributed by atoms with Gasteiger partial charge in [0.1, 0.15) is 0 Å². The molecular formula is C8H17F2N3O. The summed E-state index contributed by atoms with van der Waals surface area (Å²) in [7, 11) is 1.48. The summed E-state index contributed by atoms with van der Waals surface area (Å²) in [6, 6.07) is -0.617. The summed E-state index contributed by atoms with van der Waals surface area (Å²) in [5, 5.41) is 0. The number of carbonyl (C=O) groups is 1. The zero-order valence-corrected chi connectivity index (χ0v) is 8.63. The number of hydrazine groups is 1. The fourth-order valence-corrected chi connectivity index (χ4v) is 1.43. The summed E-state index contributed by atoms with van der Waals surface area (Å²) in [5.41, 5.74) is 1.98. The van der Waals surface area contributed by atoms with Crippen LogP contribution in [0.15, 0.2) is 0 Å². The fraction of sp³-hybridized carbons (Fsp3) is 0.875. The second kappa shape index (κ2) is 5.87. The van der Waals surface area contributed by atoms with Crippen molar-refractivity contribution in [2.45, 2.75) is 26.3 Å². The molecule has 0 aliphatic heterocycles. The molecule has 0 rings (SSSR count). The lowest BCUT2D eigenvalue weighted by Gasteiger charge is -2.28. The maximum Gasteiger partial charge on any atom is 0.251 e. The van der Waals surface area contributed by atoms with Gasteiger partial charge in [0.05, 0.1) is 12.6 Å². The van der Waals surface area contributed by atoms with E-state index in [4.69, 9.17) is 5.84 Å². The minimum atomic E-state index is -2.45. The number of amides is 1. The Morgan fingerprint density at radius 3 is 2.29 bits per heavy atom. The Labute approximate surface area is 82.4 Å². The van der Waals surface area contributed by atoms with Crippen LogP contribution in [0.2, 0.25) is 0 Å². The van der Waals surface area contributed by atoms with Gasteiger partial charge in [-0.1, -0.05) is 13.8 Å². The van der Waals surface area contributed by atoms with Gasteiger partial charge >= 0.3 is 0 Å². The van der Waals surface area contributed by atoms with Crippen LogP contribution in [0, 0.1) is 5.92 Å². The highest BCUT2D eigenvalue weighted by molar-refractivity contribution is 5.81. The number of carbonyl (C=O) groups excluding carboxylic acids is 1. The Hall–Kier alpha value is -0.750. The number of hydrogen-bond donors (Lipinski definition) is 2. The van der Waals surface area contributed by atoms with Crippen LogP contribution in [0.3, 0.4) is 0 Å². The Bertz CT molecular complexity index is 187. The first-order chi connectivity index (χ1) is 6.40. The molecule has 0 aromatic heterocycles. The minimum absolute atomic E-state index is 0.0673. The molecule has 0 aliphatic carbocycles. The summed E-state index contributed by atoms with van der Waals surface area (Å²) < 4.78 is 24.1. The lowest BCUT2D eigenvalue weighted by atomic mass is 10.0. The highest BCUT2D eigenvalue weighted by atomic mass is 19.3. The zero-order valence-electron chi connectivity index (χ0n) is 8.63. The summed E-state index contributed by atoms with van der Waals surface area (Å²) >= 11 is 0. The zero-order chi connectivity index (χ0) is 11.3. The lowest BCUT2D eigenvalue weighted by Crippen LogP contribution is -2.51. The van der Waals surface area contributed by atoms with Gasteiger partial charge in [-0.25, -0.2) is 14.6 Å². The summed E-state index contributed by atoms with van der Waals surface area (Å²) in [4.78, 5) is 12.6. The Kier molecular flexibility index (Phi) is 5.56. The molecule has 0 aliphatic rings. The van der Waals surface area contributed by atoms with Crippen LogP contribution < -0.4 is 11.3 Å². The van der Waals surface area contributed by atoms with E-state index in [1.54, 1.807) is 13.8 Å². The van der Waals surface area contributed by atoms with Crippen molar-refractivity contribution in [3.05, 3.63) is 0 Å². The first-order valence-electron chi connectivity index (χ1n) is 4.39. The smallest absolute Gasteiger partial charge is 0.251 e. The van der Waals surface area contributed by atoms with Gasteiger partial charge in [0, 0.05) is 0 Å². The molecule has 0 radical (unpaired) electrons. The van der Waals surface area contributed by atoms with Crippen LogP contribution >= 0.6 is 0 Å². The third-order valence-corrected chi connectivity index (χ3v) is 1.94. The molecule has 0 aromatic rings. The van der Waals surface area contributed by atoms with Crippen molar-refractivity contribution in [2.75, 3.05) is 13.6 Å². The van der Waals surface area contributed by atoms with Gasteiger partial charge in [0.25, 0.3) is 12.3 Å². The average molecular weight is 209 g/mol. The number of rotatable bonds is 5. The van der Waals surface area contributed by atoms with E-state index in [2.05, 4.69) is 0 Å². The average Bonchev–Trinajstić information content (AvgIpc) is 2.01. The molecule has 14 heavy (non-hydrogen) atoms. The number of nitrogens with zero attached hydrogens (tertiary/aromatic N) is 1. The van der Waals surface area contributed by atoms with Crippen LogP contribution in [0.25, 0.3) is 0 Å². The van der Waals surface area contributed by atoms with E-state index >= 15 is 0 Å². The molecule has 0 aromatic carbocycles. The van der Waals surface area contributed by atoms with Crippen LogP contribution in [-0.2, 0) is 4.79 Å². The second-order valence-corrected chi connectivity index (χ2v) is 3.53. The van der Waals surface area contributed by atoms with Gasteiger partial charge in [0.15, 0.2) is 0 Å². The SMILES string of the molecule is CC(C)C(C(=O)NN)N(C)CC(F)F. The van der Waals surface area contributed by atoms with Crippen molar-refractivity contribution in [3.8, 4) is 0 Å². The molecule has 0 bridgehead atoms. The molecule has 3 N–H and O–H groups in total. The van der Waals surface area contributed by atoms with Gasteiger partial charge in [-0.05, 0) is 13.0 Å². The van der Waals surface area contributed by atoms with E-state index in [1.807, 2.05) is 5.43 Å². The van der Waals surface area contributed by atoms with E-state index < -0.39 is 24.9 Å². The molecule has 0 saturated carbocycles. The van der Waals surface area contributed by atoms with Crippen molar-refractivity contribution in [2.24, 2.45) is 11.8 Å². The standard InChI is InChI=1S/C8H17F2N3O/c1-5(2)7(8(14)12-11)13(3)4-6(9)10/h5-7H,4,11H2,1-3H3,(H,12,14). The van der Waals surface area contributed by atoms with Crippen LogP contribution in [0.4, 0.5) is 8.78 Å². The highest BCUT2D eigenvalue weighted by Gasteiger charge is 2.27. The molecule has 1 atom stereocenters. The Balaban J connectivity index is 4.41. The predicted octanol–water partition coefficient (Wildman–Crippen LogP) is 0.198. The van der Waals surface area contributed by atoms with Crippen LogP contribution in [0.5, 0.6) is 0 Å². The third kappa shape index (κ3) is 3.97. The van der Waals surface area contributed by atoms with Crippen molar-refractivity contribution >= 4 is 5.91 Å². The molecule has 1 amide bonds. The first kappa shape index (κ1) is 13.2. The van der Waals surface area contributed by atoms with Crippen molar-refractivity contribution in [3.63, 3.8) is 0 Å². The van der Waals surface area contributed by atoms with E-state index in [-0.39, 0.29) is 5.92 Å². The van der Waals surface area contributed by atoms with Crippen molar-refractivity contribution in [1.82, 2.24) is 10.3 Å². The van der Waals surface area contributed by atoms with Crippen LogP contribution in [0.1, 0.15) is 13.8 Å². The second-order valence-electron chi connectivity index (χ2n) is 3.53. The molecule has 0 fully saturated rings. The van der Waals surface area contributed by atoms with E-state index in [1.165, 1.54) is 11.9 Å². The van der Waals surface area contributed by atoms with Crippen LogP contribution in [-0.4, -0.2) is 36.9 Å². The van der Waals surface area contributed by atoms with Gasteiger partial charge in [-0.15, -0.1) is 0 Å². The molecule has 84 valence electrons. The summed E-state index contributed by atoms with van der Waals surface area (Å²) in [5.74, 6) is 4.46. The minimum Gasteiger partial charge on any atom is -0.293 e. The van der Waals surface area contributed by atoms with Crippen molar-refractivity contribution in [1.29, 1.82) is 0 Å². The maximum atomic E-state index is 12.1. The van der Waals surface area contributed by atoms with Gasteiger partial charge in [-0.2, -0.15) is 0 Å². The largest absolute Gasteiger partial charge is 0.293 e. The number of halogens is 2. The monoisotopic (exact) mass is 209 g/mol. The molecule has 0 spiro atoms. The van der Waals surface area contributed by atoms with E-state index in [0.29, 0.717) is 0 Å². The first-order valence-corrected chi connectivity index (χ1v) is 4.39. The van der Waals surface area contributed by atoms with Gasteiger partial charge < -0.3 is 0 Å². The predicted molar refractivity (Wildman–Crippen MR) is 49.6 cm³/mol. The maximum absolute atomic E-state index is 12.1. The van der Waals surface area contributed by atoms with Crippen molar-refractivity contribution < 1.29 is 13.6 Å². The third-order valence-electron chi connectivity index (χ3n) is 1.94. The Morgan fingerprint density at radius 2 is 2.00 bits per heavy atom. The number of likely N-dealkylation sites (N-methyl/N-ethyl adjacent to an activating group) is 1. The number of nitrogens with two attached hydrogens (primary N) is 1. The van der Waals surface area contributed by atoms with Gasteiger partial charge in [0.2, 0.25) is 0 Å². The molecule has 6 heteroatoms. The number of hydrogen-bond acceptors (Lipinski definition) is 3. The topological polar surface area (TPSA) is 58.4 Å². The molecule has 0 saturated heterocycles. The number of alkyl halides is 2. The van der Waals surface area contributed by atoms with Gasteiger partial charge in [-0.3, -0.25) is 15.1 Å².